The van der Waals surface area contributed by atoms with Gasteiger partial charge in [0.1, 0.15) is 0 Å². The average Bonchev–Trinajstić information content (AvgIpc) is 3.32. The van der Waals surface area contributed by atoms with Gasteiger partial charge in [0.15, 0.2) is 0 Å². The van der Waals surface area contributed by atoms with Gasteiger partial charge >= 0.3 is 0 Å². The van der Waals surface area contributed by atoms with Crippen molar-refractivity contribution in [2.75, 3.05) is 18.0 Å². The van der Waals surface area contributed by atoms with E-state index in [4.69, 9.17) is 9.40 Å². The molecular formula is C28H28N2O3S. The fourth-order valence-corrected chi connectivity index (χ4v) is 5.83. The fraction of sp³-hybridized carbons (Fsp3) is 0.250. The number of oxazole rings is 1. The molecule has 34 heavy (non-hydrogen) atoms. The minimum Gasteiger partial charge on any atom is -0.423 e. The Bertz CT molecular complexity index is 1300. The molecular weight excluding hydrogens is 444 g/mol. The first kappa shape index (κ1) is 22.4. The molecule has 0 atom stereocenters. The highest BCUT2D eigenvalue weighted by molar-refractivity contribution is 7.91. The van der Waals surface area contributed by atoms with Crippen LogP contribution in [-0.2, 0) is 9.84 Å². The third kappa shape index (κ3) is 4.38. The molecule has 2 heterocycles. The van der Waals surface area contributed by atoms with Gasteiger partial charge in [0.25, 0.3) is 0 Å². The van der Waals surface area contributed by atoms with Crippen LogP contribution in [0.25, 0.3) is 0 Å². The van der Waals surface area contributed by atoms with Gasteiger partial charge in [0.05, 0.1) is 10.8 Å². The van der Waals surface area contributed by atoms with E-state index in [0.29, 0.717) is 11.8 Å². The zero-order chi connectivity index (χ0) is 23.5. The number of hydrogen-bond donors (Lipinski definition) is 0. The first-order chi connectivity index (χ1) is 16.5. The standard InChI is InChI=1S/C28H28N2O3S/c1-21-15-17-24(18-16-21)34(31,32)27-28(30-19-9-4-10-20-30)33-26(29-27)25(22-11-5-2-6-12-22)23-13-7-3-8-14-23/h2-3,5-8,11-18,25H,4,9-10,19-20H2,1H3. The second-order valence-electron chi connectivity index (χ2n) is 8.78. The van der Waals surface area contributed by atoms with Gasteiger partial charge in [-0.3, -0.25) is 0 Å². The summed E-state index contributed by atoms with van der Waals surface area (Å²) < 4.78 is 33.9. The van der Waals surface area contributed by atoms with Crippen LogP contribution in [0.4, 0.5) is 5.88 Å². The Morgan fingerprint density at radius 2 is 1.35 bits per heavy atom. The summed E-state index contributed by atoms with van der Waals surface area (Å²) in [6.07, 6.45) is 3.13. The lowest BCUT2D eigenvalue weighted by Crippen LogP contribution is -2.30. The molecule has 0 radical (unpaired) electrons. The van der Waals surface area contributed by atoms with E-state index < -0.39 is 9.84 Å². The Morgan fingerprint density at radius 3 is 1.91 bits per heavy atom. The lowest BCUT2D eigenvalue weighted by molar-refractivity contribution is 0.458. The SMILES string of the molecule is Cc1ccc(S(=O)(=O)c2nc(C(c3ccccc3)c3ccccc3)oc2N2CCCCC2)cc1. The number of sulfone groups is 1. The van der Waals surface area contributed by atoms with E-state index in [-0.39, 0.29) is 15.8 Å². The van der Waals surface area contributed by atoms with Crippen molar-refractivity contribution < 1.29 is 12.8 Å². The van der Waals surface area contributed by atoms with Crippen LogP contribution in [0.2, 0.25) is 0 Å². The van der Waals surface area contributed by atoms with E-state index in [1.807, 2.05) is 84.6 Å². The first-order valence-corrected chi connectivity index (χ1v) is 13.2. The van der Waals surface area contributed by atoms with Gasteiger partial charge in [0, 0.05) is 13.1 Å². The van der Waals surface area contributed by atoms with E-state index in [2.05, 4.69) is 0 Å². The molecule has 0 unspecified atom stereocenters. The molecule has 5 rings (SSSR count). The number of aryl methyl sites for hydroxylation is 1. The van der Waals surface area contributed by atoms with Crippen LogP contribution in [0.15, 0.2) is 99.3 Å². The molecule has 1 saturated heterocycles. The highest BCUT2D eigenvalue weighted by Crippen LogP contribution is 2.38. The Balaban J connectivity index is 1.69. The zero-order valence-corrected chi connectivity index (χ0v) is 20.0. The normalized spacial score (nSPS) is 14.5. The van der Waals surface area contributed by atoms with Gasteiger partial charge in [-0.05, 0) is 49.4 Å². The Morgan fingerprint density at radius 1 is 0.794 bits per heavy atom. The van der Waals surface area contributed by atoms with Crippen LogP contribution in [0.5, 0.6) is 0 Å². The lowest BCUT2D eigenvalue weighted by Gasteiger charge is -2.26. The van der Waals surface area contributed by atoms with E-state index in [1.54, 1.807) is 12.1 Å². The van der Waals surface area contributed by atoms with E-state index in [1.165, 1.54) is 0 Å². The number of piperidine rings is 1. The Kier molecular flexibility index (Phi) is 6.24. The number of benzene rings is 3. The average molecular weight is 473 g/mol. The summed E-state index contributed by atoms with van der Waals surface area (Å²) in [6, 6.07) is 26.8. The highest BCUT2D eigenvalue weighted by Gasteiger charge is 2.34. The molecule has 0 spiro atoms. The predicted octanol–water partition coefficient (Wildman–Crippen LogP) is 5.99. The van der Waals surface area contributed by atoms with Gasteiger partial charge in [-0.25, -0.2) is 8.42 Å². The number of nitrogens with zero attached hydrogens (tertiary/aromatic N) is 2. The molecule has 1 aliphatic rings. The van der Waals surface area contributed by atoms with Gasteiger partial charge in [0.2, 0.25) is 26.6 Å². The summed E-state index contributed by atoms with van der Waals surface area (Å²) in [5.41, 5.74) is 3.00. The quantitative estimate of drug-likeness (QED) is 0.345. The summed E-state index contributed by atoms with van der Waals surface area (Å²) in [7, 11) is -3.86. The van der Waals surface area contributed by atoms with E-state index in [0.717, 1.165) is 49.0 Å². The van der Waals surface area contributed by atoms with Crippen LogP contribution in [0.1, 0.15) is 47.8 Å². The van der Waals surface area contributed by atoms with Crippen LogP contribution >= 0.6 is 0 Å². The topological polar surface area (TPSA) is 63.4 Å². The molecule has 0 bridgehead atoms. The number of anilines is 1. The van der Waals surface area contributed by atoms with E-state index >= 15 is 0 Å². The monoisotopic (exact) mass is 472 g/mol. The molecule has 0 saturated carbocycles. The van der Waals surface area contributed by atoms with Gasteiger partial charge in [-0.15, -0.1) is 0 Å². The van der Waals surface area contributed by atoms with Gasteiger partial charge in [-0.1, -0.05) is 78.4 Å². The van der Waals surface area contributed by atoms with Crippen molar-refractivity contribution in [1.29, 1.82) is 0 Å². The molecule has 4 aromatic rings. The summed E-state index contributed by atoms with van der Waals surface area (Å²) in [6.45, 7) is 3.45. The molecule has 174 valence electrons. The highest BCUT2D eigenvalue weighted by atomic mass is 32.2. The molecule has 3 aromatic carbocycles. The minimum atomic E-state index is -3.86. The van der Waals surface area contributed by atoms with Crippen molar-refractivity contribution in [3.8, 4) is 0 Å². The van der Waals surface area contributed by atoms with Gasteiger partial charge < -0.3 is 9.32 Å². The molecule has 0 amide bonds. The Hall–Kier alpha value is -3.38. The second-order valence-corrected chi connectivity index (χ2v) is 10.6. The third-order valence-corrected chi connectivity index (χ3v) is 8.01. The van der Waals surface area contributed by atoms with Crippen LogP contribution in [-0.4, -0.2) is 26.5 Å². The third-order valence-electron chi connectivity index (χ3n) is 6.34. The number of rotatable bonds is 6. The van der Waals surface area contributed by atoms with Gasteiger partial charge in [-0.2, -0.15) is 4.98 Å². The molecule has 0 N–H and O–H groups in total. The lowest BCUT2D eigenvalue weighted by atomic mass is 9.91. The summed E-state index contributed by atoms with van der Waals surface area (Å²) in [5, 5.41) is 0.00474. The van der Waals surface area contributed by atoms with Crippen molar-refractivity contribution in [2.45, 2.75) is 42.0 Å². The molecule has 1 aliphatic heterocycles. The molecule has 1 fully saturated rings. The summed E-state index contributed by atoms with van der Waals surface area (Å²) in [5.74, 6) is 0.434. The second kappa shape index (κ2) is 9.47. The molecule has 1 aromatic heterocycles. The zero-order valence-electron chi connectivity index (χ0n) is 19.2. The minimum absolute atomic E-state index is 0.00474. The molecule has 6 heteroatoms. The smallest absolute Gasteiger partial charge is 0.236 e. The van der Waals surface area contributed by atoms with Crippen molar-refractivity contribution >= 4 is 15.7 Å². The molecule has 0 aliphatic carbocycles. The van der Waals surface area contributed by atoms with Crippen LogP contribution < -0.4 is 4.90 Å². The van der Waals surface area contributed by atoms with Crippen molar-refractivity contribution in [1.82, 2.24) is 4.98 Å². The van der Waals surface area contributed by atoms with E-state index in [9.17, 15) is 8.42 Å². The predicted molar refractivity (Wildman–Crippen MR) is 133 cm³/mol. The Labute approximate surface area is 201 Å². The maximum Gasteiger partial charge on any atom is 0.236 e. The number of hydrogen-bond acceptors (Lipinski definition) is 5. The van der Waals surface area contributed by atoms with Crippen molar-refractivity contribution in [3.63, 3.8) is 0 Å². The molecule has 5 nitrogen and oxygen atoms in total. The summed E-state index contributed by atoms with van der Waals surface area (Å²) in [4.78, 5) is 6.98. The fourth-order valence-electron chi connectivity index (χ4n) is 4.51. The maximum atomic E-state index is 13.8. The van der Waals surface area contributed by atoms with Crippen molar-refractivity contribution in [3.05, 3.63) is 108 Å². The van der Waals surface area contributed by atoms with Crippen LogP contribution in [0, 0.1) is 6.92 Å². The maximum absolute atomic E-state index is 13.8. The van der Waals surface area contributed by atoms with Crippen LogP contribution in [0.3, 0.4) is 0 Å². The van der Waals surface area contributed by atoms with Crippen molar-refractivity contribution in [2.24, 2.45) is 0 Å². The largest absolute Gasteiger partial charge is 0.423 e. The number of aromatic nitrogens is 1. The first-order valence-electron chi connectivity index (χ1n) is 11.7. The summed E-state index contributed by atoms with van der Waals surface area (Å²) >= 11 is 0.